The minimum atomic E-state index is -0.809. The van der Waals surface area contributed by atoms with Crippen LogP contribution in [0.2, 0.25) is 0 Å². The van der Waals surface area contributed by atoms with Crippen molar-refractivity contribution < 1.29 is 9.59 Å². The third kappa shape index (κ3) is 8.14. The van der Waals surface area contributed by atoms with Gasteiger partial charge in [-0.15, -0.1) is 24.8 Å². The van der Waals surface area contributed by atoms with E-state index in [-0.39, 0.29) is 48.0 Å². The molecule has 4 fully saturated rings. The molecule has 4 aliphatic carbocycles. The number of nitrogens with zero attached hydrogens (tertiary/aromatic N) is 2. The van der Waals surface area contributed by atoms with Crippen LogP contribution in [0.1, 0.15) is 68.4 Å². The summed E-state index contributed by atoms with van der Waals surface area (Å²) in [7, 11) is 0. The fourth-order valence-corrected chi connectivity index (χ4v) is 7.42. The van der Waals surface area contributed by atoms with Crippen molar-refractivity contribution in [1.82, 2.24) is 20.6 Å². The molecule has 4 bridgehead atoms. The molecular formula is C29H44Cl2N8O2. The summed E-state index contributed by atoms with van der Waals surface area (Å²) in [6.45, 7) is 0.737. The Kier molecular flexibility index (Phi) is 11.5. The molecule has 2 aromatic rings. The number of nitrogens with two attached hydrogens (primary N) is 3. The highest BCUT2D eigenvalue weighted by Crippen LogP contribution is 2.60. The summed E-state index contributed by atoms with van der Waals surface area (Å²) < 4.78 is 0. The number of hydrogen-bond donors (Lipinski definition) is 6. The molecule has 2 amide bonds. The SMILES string of the molecule is Cl.Cl.NC(N)=NCCC[C@H](NC(=O)[C@@H](N)Cc1cnc(C23CC4CC(CC(C4)C2)C3)[nH]1)C(=O)NCc1ccccc1. The van der Waals surface area contributed by atoms with Crippen molar-refractivity contribution in [2.75, 3.05) is 6.54 Å². The van der Waals surface area contributed by atoms with Crippen molar-refractivity contribution in [3.05, 3.63) is 53.6 Å². The molecule has 0 unspecified atom stereocenters. The van der Waals surface area contributed by atoms with Gasteiger partial charge in [-0.2, -0.15) is 0 Å². The van der Waals surface area contributed by atoms with Gasteiger partial charge in [0.2, 0.25) is 11.8 Å². The number of amides is 2. The number of aromatic nitrogens is 2. The standard InChI is InChI=1S/C29H42N8O2.2ClH/c30-23(12-22-17-35-27(36-22)29-13-19-9-20(14-29)11-21(10-19)15-29)25(38)37-24(7-4-8-33-28(31)32)26(39)34-16-18-5-2-1-3-6-18;;/h1-3,5-6,17,19-21,23-24H,4,7-16,30H2,(H,34,39)(H,35,36)(H,37,38)(H4,31,32,33);2*1H/t19?,20?,21?,23-,24-,29?;;/m0../s1. The summed E-state index contributed by atoms with van der Waals surface area (Å²) in [6.07, 6.45) is 10.9. The third-order valence-corrected chi connectivity index (χ3v) is 8.83. The van der Waals surface area contributed by atoms with E-state index in [0.29, 0.717) is 32.4 Å². The van der Waals surface area contributed by atoms with Gasteiger partial charge in [0.1, 0.15) is 11.9 Å². The van der Waals surface area contributed by atoms with Crippen LogP contribution >= 0.6 is 24.8 Å². The molecule has 0 spiro atoms. The fourth-order valence-electron chi connectivity index (χ4n) is 7.42. The highest BCUT2D eigenvalue weighted by atomic mass is 35.5. The number of halogens is 2. The van der Waals surface area contributed by atoms with Crippen LogP contribution in [0.5, 0.6) is 0 Å². The number of aromatic amines is 1. The highest BCUT2D eigenvalue weighted by Gasteiger charge is 2.53. The molecule has 4 saturated carbocycles. The zero-order chi connectivity index (χ0) is 27.4. The van der Waals surface area contributed by atoms with Gasteiger partial charge in [-0.25, -0.2) is 4.98 Å². The molecule has 1 heterocycles. The number of H-pyrrole nitrogens is 1. The number of hydrogen-bond acceptors (Lipinski definition) is 5. The molecular weight excluding hydrogens is 563 g/mol. The minimum absolute atomic E-state index is 0. The number of guanidine groups is 1. The molecule has 12 heteroatoms. The van der Waals surface area contributed by atoms with Crippen LogP contribution in [0.4, 0.5) is 0 Å². The Hall–Kier alpha value is -2.82. The summed E-state index contributed by atoms with van der Waals surface area (Å²) >= 11 is 0. The molecule has 10 nitrogen and oxygen atoms in total. The second-order valence-electron chi connectivity index (χ2n) is 12.0. The molecule has 1 aromatic carbocycles. The van der Waals surface area contributed by atoms with Crippen molar-refractivity contribution in [2.45, 2.75) is 81.8 Å². The first-order valence-electron chi connectivity index (χ1n) is 14.3. The average Bonchev–Trinajstić information content (AvgIpc) is 3.38. The molecule has 0 radical (unpaired) electrons. The lowest BCUT2D eigenvalue weighted by atomic mass is 9.49. The molecule has 4 aliphatic rings. The molecule has 2 atom stereocenters. The van der Waals surface area contributed by atoms with Crippen molar-refractivity contribution in [1.29, 1.82) is 0 Å². The van der Waals surface area contributed by atoms with Gasteiger partial charge < -0.3 is 32.8 Å². The van der Waals surface area contributed by atoms with Gasteiger partial charge in [-0.05, 0) is 74.7 Å². The number of benzene rings is 1. The maximum absolute atomic E-state index is 13.1. The van der Waals surface area contributed by atoms with E-state index >= 15 is 0 Å². The Balaban J connectivity index is 0.00000231. The lowest BCUT2D eigenvalue weighted by molar-refractivity contribution is -0.129. The zero-order valence-electron chi connectivity index (χ0n) is 23.4. The largest absolute Gasteiger partial charge is 0.370 e. The van der Waals surface area contributed by atoms with Crippen molar-refractivity contribution in [2.24, 2.45) is 39.9 Å². The molecule has 1 aromatic heterocycles. The first kappa shape index (κ1) is 32.7. The number of carbonyl (C=O) groups excluding carboxylic acids is 2. The minimum Gasteiger partial charge on any atom is -0.370 e. The van der Waals surface area contributed by atoms with Crippen LogP contribution in [-0.4, -0.2) is 46.4 Å². The Morgan fingerprint density at radius 1 is 1.02 bits per heavy atom. The lowest BCUT2D eigenvalue weighted by Gasteiger charge is -2.56. The van der Waals surface area contributed by atoms with Crippen LogP contribution < -0.4 is 27.8 Å². The second kappa shape index (κ2) is 14.4. The number of aliphatic imine (C=N–C) groups is 1. The zero-order valence-corrected chi connectivity index (χ0v) is 25.0. The summed E-state index contributed by atoms with van der Waals surface area (Å²) in [5, 5.41) is 5.77. The van der Waals surface area contributed by atoms with E-state index < -0.39 is 12.1 Å². The molecule has 226 valence electrons. The molecule has 0 aliphatic heterocycles. The molecule has 9 N–H and O–H groups in total. The Morgan fingerprint density at radius 2 is 1.66 bits per heavy atom. The normalized spacial score (nSPS) is 25.2. The average molecular weight is 608 g/mol. The summed E-state index contributed by atoms with van der Waals surface area (Å²) in [5.41, 5.74) is 19.2. The number of rotatable bonds is 12. The summed E-state index contributed by atoms with van der Waals surface area (Å²) in [4.78, 5) is 38.4. The first-order chi connectivity index (χ1) is 18.8. The topological polar surface area (TPSA) is 177 Å². The summed E-state index contributed by atoms with van der Waals surface area (Å²) in [6, 6.07) is 8.07. The van der Waals surface area contributed by atoms with E-state index in [4.69, 9.17) is 22.2 Å². The molecule has 0 saturated heterocycles. The van der Waals surface area contributed by atoms with Crippen LogP contribution in [0, 0.1) is 17.8 Å². The second-order valence-corrected chi connectivity index (χ2v) is 12.0. The van der Waals surface area contributed by atoms with E-state index in [1.165, 1.54) is 38.5 Å². The first-order valence-corrected chi connectivity index (χ1v) is 14.3. The van der Waals surface area contributed by atoms with Gasteiger partial charge in [0, 0.05) is 36.8 Å². The maximum Gasteiger partial charge on any atom is 0.242 e. The third-order valence-electron chi connectivity index (χ3n) is 8.83. The van der Waals surface area contributed by atoms with Gasteiger partial charge >= 0.3 is 0 Å². The van der Waals surface area contributed by atoms with Crippen LogP contribution in [-0.2, 0) is 28.0 Å². The molecule has 6 rings (SSSR count). The Labute approximate surface area is 254 Å². The van der Waals surface area contributed by atoms with E-state index in [0.717, 1.165) is 34.8 Å². The predicted molar refractivity (Wildman–Crippen MR) is 165 cm³/mol. The summed E-state index contributed by atoms with van der Waals surface area (Å²) in [5.74, 6) is 2.91. The van der Waals surface area contributed by atoms with Gasteiger partial charge in [0.05, 0.1) is 6.04 Å². The van der Waals surface area contributed by atoms with E-state index in [9.17, 15) is 9.59 Å². The van der Waals surface area contributed by atoms with E-state index in [1.807, 2.05) is 36.5 Å². The van der Waals surface area contributed by atoms with E-state index in [1.54, 1.807) is 0 Å². The van der Waals surface area contributed by atoms with Crippen LogP contribution in [0.15, 0.2) is 41.5 Å². The van der Waals surface area contributed by atoms with Gasteiger partial charge in [-0.3, -0.25) is 14.6 Å². The predicted octanol–water partition coefficient (Wildman–Crippen LogP) is 2.45. The van der Waals surface area contributed by atoms with Gasteiger partial charge in [0.15, 0.2) is 5.96 Å². The number of carbonyl (C=O) groups is 2. The lowest BCUT2D eigenvalue weighted by Crippen LogP contribution is -2.52. The molecule has 41 heavy (non-hydrogen) atoms. The number of imidazole rings is 1. The van der Waals surface area contributed by atoms with Crippen molar-refractivity contribution >= 4 is 42.6 Å². The van der Waals surface area contributed by atoms with Crippen LogP contribution in [0.25, 0.3) is 0 Å². The van der Waals surface area contributed by atoms with Crippen LogP contribution in [0.3, 0.4) is 0 Å². The highest BCUT2D eigenvalue weighted by molar-refractivity contribution is 5.89. The smallest absolute Gasteiger partial charge is 0.242 e. The van der Waals surface area contributed by atoms with E-state index in [2.05, 4.69) is 20.6 Å². The number of nitrogens with one attached hydrogen (secondary N) is 3. The Morgan fingerprint density at radius 3 is 2.27 bits per heavy atom. The van der Waals surface area contributed by atoms with Gasteiger partial charge in [0.25, 0.3) is 0 Å². The Bertz CT molecular complexity index is 1150. The van der Waals surface area contributed by atoms with Crippen molar-refractivity contribution in [3.63, 3.8) is 0 Å². The van der Waals surface area contributed by atoms with Gasteiger partial charge in [-0.1, -0.05) is 30.3 Å². The fraction of sp³-hybridized carbons (Fsp3) is 0.586. The maximum atomic E-state index is 13.1. The monoisotopic (exact) mass is 606 g/mol. The van der Waals surface area contributed by atoms with Crippen molar-refractivity contribution in [3.8, 4) is 0 Å². The quantitative estimate of drug-likeness (QED) is 0.123.